The number of carbonyl (C=O) groups is 2. The summed E-state index contributed by atoms with van der Waals surface area (Å²) < 4.78 is 4.62. The molecule has 0 aliphatic carbocycles. The topological polar surface area (TPSA) is 43.4 Å². The fourth-order valence-electron chi connectivity index (χ4n) is 2.13. The summed E-state index contributed by atoms with van der Waals surface area (Å²) in [6, 6.07) is 9.23. The number of esters is 2. The molecule has 1 aliphatic heterocycles. The zero-order valence-corrected chi connectivity index (χ0v) is 8.61. The van der Waals surface area contributed by atoms with Crippen LogP contribution in [-0.2, 0) is 4.74 Å². The lowest BCUT2D eigenvalue weighted by Crippen LogP contribution is -1.97. The van der Waals surface area contributed by atoms with E-state index in [0.29, 0.717) is 11.1 Å². The predicted octanol–water partition coefficient (Wildman–Crippen LogP) is 2.46. The van der Waals surface area contributed by atoms with Gasteiger partial charge in [-0.25, -0.2) is 9.59 Å². The van der Waals surface area contributed by atoms with Crippen molar-refractivity contribution in [2.24, 2.45) is 0 Å². The van der Waals surface area contributed by atoms with E-state index in [9.17, 15) is 9.59 Å². The minimum Gasteiger partial charge on any atom is -0.386 e. The first-order chi connectivity index (χ1) is 7.68. The molecule has 16 heavy (non-hydrogen) atoms. The third-order valence-corrected chi connectivity index (χ3v) is 2.86. The average molecular weight is 212 g/mol. The quantitative estimate of drug-likeness (QED) is 0.497. The minimum atomic E-state index is -0.551. The van der Waals surface area contributed by atoms with E-state index in [4.69, 9.17) is 0 Å². The highest BCUT2D eigenvalue weighted by Gasteiger charge is 2.31. The zero-order chi connectivity index (χ0) is 11.3. The van der Waals surface area contributed by atoms with E-state index >= 15 is 0 Å². The number of hydrogen-bond acceptors (Lipinski definition) is 3. The second-order valence-electron chi connectivity index (χ2n) is 3.84. The monoisotopic (exact) mass is 212 g/mol. The van der Waals surface area contributed by atoms with Gasteiger partial charge in [-0.15, -0.1) is 0 Å². The van der Waals surface area contributed by atoms with Crippen molar-refractivity contribution in [2.75, 3.05) is 0 Å². The van der Waals surface area contributed by atoms with Gasteiger partial charge >= 0.3 is 11.9 Å². The van der Waals surface area contributed by atoms with E-state index in [2.05, 4.69) is 4.74 Å². The number of ether oxygens (including phenoxy) is 1. The van der Waals surface area contributed by atoms with Gasteiger partial charge in [-0.1, -0.05) is 24.3 Å². The van der Waals surface area contributed by atoms with E-state index in [1.807, 2.05) is 31.2 Å². The van der Waals surface area contributed by atoms with Gasteiger partial charge < -0.3 is 4.74 Å². The Morgan fingerprint density at radius 3 is 2.62 bits per heavy atom. The van der Waals surface area contributed by atoms with Crippen molar-refractivity contribution in [1.82, 2.24) is 0 Å². The van der Waals surface area contributed by atoms with Gasteiger partial charge in [-0.05, 0) is 29.3 Å². The molecule has 3 rings (SSSR count). The van der Waals surface area contributed by atoms with Crippen molar-refractivity contribution < 1.29 is 14.3 Å². The van der Waals surface area contributed by atoms with Gasteiger partial charge in [0.25, 0.3) is 0 Å². The standard InChI is InChI=1S/C13H8O3/c1-7-3-2-4-8-5-6-9-11(10(7)8)13(15)16-12(9)14/h2-6H,1H3. The van der Waals surface area contributed by atoms with Gasteiger partial charge in [0.15, 0.2) is 0 Å². The molecule has 0 unspecified atom stereocenters. The van der Waals surface area contributed by atoms with Crippen LogP contribution in [0, 0.1) is 6.92 Å². The normalized spacial score (nSPS) is 14.1. The van der Waals surface area contributed by atoms with Crippen LogP contribution in [0.1, 0.15) is 26.3 Å². The summed E-state index contributed by atoms with van der Waals surface area (Å²) >= 11 is 0. The Kier molecular flexibility index (Phi) is 1.66. The molecule has 0 saturated heterocycles. The van der Waals surface area contributed by atoms with Crippen molar-refractivity contribution in [3.05, 3.63) is 47.0 Å². The molecule has 2 aromatic carbocycles. The van der Waals surface area contributed by atoms with Crippen LogP contribution in [0.15, 0.2) is 30.3 Å². The van der Waals surface area contributed by atoms with E-state index < -0.39 is 11.9 Å². The van der Waals surface area contributed by atoms with Gasteiger partial charge in [-0.3, -0.25) is 0 Å². The minimum absolute atomic E-state index is 0.367. The van der Waals surface area contributed by atoms with Gasteiger partial charge in [0, 0.05) is 0 Å². The van der Waals surface area contributed by atoms with Gasteiger partial charge in [-0.2, -0.15) is 0 Å². The molecule has 0 amide bonds. The lowest BCUT2D eigenvalue weighted by atomic mass is 9.97. The number of hydrogen-bond donors (Lipinski definition) is 0. The number of benzene rings is 2. The summed E-state index contributed by atoms with van der Waals surface area (Å²) in [5.41, 5.74) is 1.74. The molecular weight excluding hydrogens is 204 g/mol. The first-order valence-electron chi connectivity index (χ1n) is 4.97. The van der Waals surface area contributed by atoms with Crippen LogP contribution in [0.3, 0.4) is 0 Å². The number of cyclic esters (lactones) is 2. The van der Waals surface area contributed by atoms with E-state index in [1.165, 1.54) is 0 Å². The lowest BCUT2D eigenvalue weighted by molar-refractivity contribution is 0.0444. The Balaban J connectivity index is 2.53. The maximum Gasteiger partial charge on any atom is 0.347 e. The van der Waals surface area contributed by atoms with Crippen LogP contribution in [0.25, 0.3) is 10.8 Å². The van der Waals surface area contributed by atoms with Crippen molar-refractivity contribution in [2.45, 2.75) is 6.92 Å². The number of fused-ring (bicyclic) bond motifs is 3. The van der Waals surface area contributed by atoms with Crippen LogP contribution < -0.4 is 0 Å². The van der Waals surface area contributed by atoms with Crippen molar-refractivity contribution in [3.63, 3.8) is 0 Å². The molecule has 0 radical (unpaired) electrons. The summed E-state index contributed by atoms with van der Waals surface area (Å²) in [6.45, 7) is 1.92. The van der Waals surface area contributed by atoms with Crippen molar-refractivity contribution >= 4 is 22.7 Å². The van der Waals surface area contributed by atoms with E-state index in [0.717, 1.165) is 16.3 Å². The zero-order valence-electron chi connectivity index (χ0n) is 8.61. The summed E-state index contributed by atoms with van der Waals surface area (Å²) in [6.07, 6.45) is 0. The Hall–Kier alpha value is -2.16. The predicted molar refractivity (Wildman–Crippen MR) is 58.4 cm³/mol. The molecule has 1 aliphatic rings. The lowest BCUT2D eigenvalue weighted by Gasteiger charge is -2.04. The van der Waals surface area contributed by atoms with Crippen LogP contribution >= 0.6 is 0 Å². The number of aryl methyl sites for hydroxylation is 1. The van der Waals surface area contributed by atoms with Crippen LogP contribution in [0.4, 0.5) is 0 Å². The van der Waals surface area contributed by atoms with Crippen LogP contribution in [0.5, 0.6) is 0 Å². The summed E-state index contributed by atoms with van der Waals surface area (Å²) in [5.74, 6) is -1.09. The molecule has 0 aromatic heterocycles. The first kappa shape index (κ1) is 9.09. The summed E-state index contributed by atoms with van der Waals surface area (Å²) in [7, 11) is 0. The number of rotatable bonds is 0. The van der Waals surface area contributed by atoms with Crippen LogP contribution in [0.2, 0.25) is 0 Å². The molecule has 0 N–H and O–H groups in total. The van der Waals surface area contributed by atoms with Crippen molar-refractivity contribution in [3.8, 4) is 0 Å². The maximum absolute atomic E-state index is 11.6. The SMILES string of the molecule is Cc1cccc2ccc3c(c12)C(=O)OC3=O. The molecule has 3 nitrogen and oxygen atoms in total. The molecule has 1 heterocycles. The van der Waals surface area contributed by atoms with Gasteiger partial charge in [0.2, 0.25) is 0 Å². The highest BCUT2D eigenvalue weighted by atomic mass is 16.6. The summed E-state index contributed by atoms with van der Waals surface area (Å²) in [5, 5.41) is 1.77. The smallest absolute Gasteiger partial charge is 0.347 e. The largest absolute Gasteiger partial charge is 0.386 e. The molecule has 2 aromatic rings. The van der Waals surface area contributed by atoms with E-state index in [-0.39, 0.29) is 0 Å². The fourth-order valence-corrected chi connectivity index (χ4v) is 2.13. The highest BCUT2D eigenvalue weighted by Crippen LogP contribution is 2.30. The molecule has 78 valence electrons. The Morgan fingerprint density at radius 2 is 1.81 bits per heavy atom. The maximum atomic E-state index is 11.6. The molecule has 0 bridgehead atoms. The molecule has 0 saturated carbocycles. The summed E-state index contributed by atoms with van der Waals surface area (Å²) in [4.78, 5) is 23.0. The molecule has 0 spiro atoms. The fraction of sp³-hybridized carbons (Fsp3) is 0.0769. The molecule has 0 fully saturated rings. The van der Waals surface area contributed by atoms with Gasteiger partial charge in [0.05, 0.1) is 11.1 Å². The van der Waals surface area contributed by atoms with E-state index in [1.54, 1.807) is 6.07 Å². The third-order valence-electron chi connectivity index (χ3n) is 2.86. The molecule has 0 atom stereocenters. The van der Waals surface area contributed by atoms with Crippen LogP contribution in [-0.4, -0.2) is 11.9 Å². The average Bonchev–Trinajstić information content (AvgIpc) is 2.55. The third kappa shape index (κ3) is 1.03. The Labute approximate surface area is 91.6 Å². The highest BCUT2D eigenvalue weighted by molar-refractivity contribution is 6.21. The van der Waals surface area contributed by atoms with Gasteiger partial charge in [0.1, 0.15) is 0 Å². The Bertz CT molecular complexity index is 641. The number of carbonyl (C=O) groups excluding carboxylic acids is 2. The second kappa shape index (κ2) is 2.92. The second-order valence-corrected chi connectivity index (χ2v) is 3.84. The molecule has 3 heteroatoms. The van der Waals surface area contributed by atoms with Crippen molar-refractivity contribution in [1.29, 1.82) is 0 Å². The molecular formula is C13H8O3. The first-order valence-corrected chi connectivity index (χ1v) is 4.97. The Morgan fingerprint density at radius 1 is 1.00 bits per heavy atom.